The Bertz CT molecular complexity index is 658. The van der Waals surface area contributed by atoms with E-state index in [9.17, 15) is 10.1 Å². The zero-order chi connectivity index (χ0) is 15.4. The van der Waals surface area contributed by atoms with Crippen molar-refractivity contribution < 1.29 is 4.92 Å². The molecule has 0 saturated heterocycles. The highest BCUT2D eigenvalue weighted by atomic mass is 79.9. The number of para-hydroxylation sites is 1. The van der Waals surface area contributed by atoms with Crippen molar-refractivity contribution in [3.05, 3.63) is 68.2 Å². The third kappa shape index (κ3) is 3.61. The summed E-state index contributed by atoms with van der Waals surface area (Å²) in [6, 6.07) is 12.7. The maximum absolute atomic E-state index is 11.1. The molecule has 110 valence electrons. The number of aryl methyl sites for hydroxylation is 1. The number of nitrogens with zero attached hydrogens (tertiary/aromatic N) is 1. The van der Waals surface area contributed by atoms with Crippen LogP contribution < -0.4 is 5.32 Å². The summed E-state index contributed by atoms with van der Waals surface area (Å²) >= 11 is 3.46. The van der Waals surface area contributed by atoms with E-state index in [1.165, 1.54) is 11.6 Å². The van der Waals surface area contributed by atoms with Crippen molar-refractivity contribution >= 4 is 27.3 Å². The van der Waals surface area contributed by atoms with Gasteiger partial charge in [-0.05, 0) is 37.1 Å². The molecule has 2 aromatic rings. The van der Waals surface area contributed by atoms with Gasteiger partial charge in [-0.1, -0.05) is 41.1 Å². The average molecular weight is 349 g/mol. The van der Waals surface area contributed by atoms with Crippen molar-refractivity contribution in [1.29, 1.82) is 0 Å². The molecule has 4 nitrogen and oxygen atoms in total. The van der Waals surface area contributed by atoms with Gasteiger partial charge in [-0.25, -0.2) is 0 Å². The molecule has 0 amide bonds. The molecule has 0 radical (unpaired) electrons. The smallest absolute Gasteiger partial charge is 0.274 e. The molecule has 0 aliphatic heterocycles. The Morgan fingerprint density at radius 2 is 2.00 bits per heavy atom. The highest BCUT2D eigenvalue weighted by Gasteiger charge is 2.18. The standard InChI is InChI=1S/C16H17BrN2O2/c1-3-12-10-13(17)8-9-15(12)18-11(2)14-6-4-5-7-16(14)19(20)21/h4-11,18H,3H2,1-2H3. The van der Waals surface area contributed by atoms with Crippen LogP contribution in [0.15, 0.2) is 46.9 Å². The molecular weight excluding hydrogens is 332 g/mol. The maximum Gasteiger partial charge on any atom is 0.274 e. The monoisotopic (exact) mass is 348 g/mol. The summed E-state index contributed by atoms with van der Waals surface area (Å²) in [5.74, 6) is 0. The number of anilines is 1. The lowest BCUT2D eigenvalue weighted by molar-refractivity contribution is -0.385. The van der Waals surface area contributed by atoms with Crippen LogP contribution in [0.1, 0.15) is 31.0 Å². The highest BCUT2D eigenvalue weighted by molar-refractivity contribution is 9.10. The van der Waals surface area contributed by atoms with Crippen LogP contribution >= 0.6 is 15.9 Å². The SMILES string of the molecule is CCc1cc(Br)ccc1NC(C)c1ccccc1[N+](=O)[O-]. The van der Waals surface area contributed by atoms with E-state index in [2.05, 4.69) is 34.2 Å². The molecule has 0 bridgehead atoms. The van der Waals surface area contributed by atoms with Gasteiger partial charge >= 0.3 is 0 Å². The number of benzene rings is 2. The lowest BCUT2D eigenvalue weighted by atomic mass is 10.0. The van der Waals surface area contributed by atoms with Gasteiger partial charge in [0.25, 0.3) is 5.69 Å². The number of nitro benzene ring substituents is 1. The van der Waals surface area contributed by atoms with Gasteiger partial charge in [0.1, 0.15) is 0 Å². The Hall–Kier alpha value is -1.88. The first-order chi connectivity index (χ1) is 10.0. The molecular formula is C16H17BrN2O2. The molecule has 1 atom stereocenters. The molecule has 0 aliphatic carbocycles. The van der Waals surface area contributed by atoms with Crippen molar-refractivity contribution in [3.63, 3.8) is 0 Å². The summed E-state index contributed by atoms with van der Waals surface area (Å²) < 4.78 is 1.03. The maximum atomic E-state index is 11.1. The quantitative estimate of drug-likeness (QED) is 0.604. The van der Waals surface area contributed by atoms with E-state index in [-0.39, 0.29) is 16.7 Å². The fraction of sp³-hybridized carbons (Fsp3) is 0.250. The van der Waals surface area contributed by atoms with Crippen LogP contribution in [0.5, 0.6) is 0 Å². The minimum atomic E-state index is -0.337. The summed E-state index contributed by atoms with van der Waals surface area (Å²) in [5, 5.41) is 14.5. The van der Waals surface area contributed by atoms with Gasteiger partial charge in [-0.3, -0.25) is 10.1 Å². The fourth-order valence-electron chi connectivity index (χ4n) is 2.33. The summed E-state index contributed by atoms with van der Waals surface area (Å²) in [6.45, 7) is 4.02. The molecule has 2 rings (SSSR count). The van der Waals surface area contributed by atoms with Crippen LogP contribution in [-0.2, 0) is 6.42 Å². The van der Waals surface area contributed by atoms with E-state index in [0.29, 0.717) is 5.56 Å². The van der Waals surface area contributed by atoms with Crippen molar-refractivity contribution in [2.75, 3.05) is 5.32 Å². The topological polar surface area (TPSA) is 55.2 Å². The van der Waals surface area contributed by atoms with Crippen molar-refractivity contribution in [2.24, 2.45) is 0 Å². The van der Waals surface area contributed by atoms with Gasteiger partial charge in [-0.15, -0.1) is 0 Å². The third-order valence-corrected chi connectivity index (χ3v) is 3.91. The lowest BCUT2D eigenvalue weighted by Gasteiger charge is -2.18. The van der Waals surface area contributed by atoms with Crippen LogP contribution in [0, 0.1) is 10.1 Å². The first-order valence-electron chi connectivity index (χ1n) is 6.81. The number of rotatable bonds is 5. The number of hydrogen-bond donors (Lipinski definition) is 1. The van der Waals surface area contributed by atoms with E-state index >= 15 is 0 Å². The van der Waals surface area contributed by atoms with Crippen LogP contribution in [0.25, 0.3) is 0 Å². The number of hydrogen-bond acceptors (Lipinski definition) is 3. The molecule has 0 heterocycles. The fourth-order valence-corrected chi connectivity index (χ4v) is 2.74. The zero-order valence-electron chi connectivity index (χ0n) is 12.0. The van der Waals surface area contributed by atoms with Crippen molar-refractivity contribution in [1.82, 2.24) is 0 Å². The minimum Gasteiger partial charge on any atom is -0.378 e. The third-order valence-electron chi connectivity index (χ3n) is 3.42. The van der Waals surface area contributed by atoms with Crippen LogP contribution in [0.3, 0.4) is 0 Å². The largest absolute Gasteiger partial charge is 0.378 e. The first kappa shape index (κ1) is 15.5. The Kier molecular flexibility index (Phi) is 4.96. The minimum absolute atomic E-state index is 0.141. The van der Waals surface area contributed by atoms with Gasteiger partial charge in [0, 0.05) is 16.2 Å². The normalized spacial score (nSPS) is 12.0. The predicted octanol–water partition coefficient (Wildman–Crippen LogP) is 5.09. The summed E-state index contributed by atoms with van der Waals surface area (Å²) in [4.78, 5) is 10.8. The molecule has 0 fully saturated rings. The summed E-state index contributed by atoms with van der Waals surface area (Å²) in [7, 11) is 0. The van der Waals surface area contributed by atoms with Crippen LogP contribution in [-0.4, -0.2) is 4.92 Å². The molecule has 5 heteroatoms. The van der Waals surface area contributed by atoms with Gasteiger partial charge in [0.15, 0.2) is 0 Å². The highest BCUT2D eigenvalue weighted by Crippen LogP contribution is 2.29. The second-order valence-electron chi connectivity index (χ2n) is 4.84. The van der Waals surface area contributed by atoms with Gasteiger partial charge in [0.05, 0.1) is 16.5 Å². The molecule has 0 saturated carbocycles. The predicted molar refractivity (Wildman–Crippen MR) is 88.7 cm³/mol. The van der Waals surface area contributed by atoms with E-state index in [4.69, 9.17) is 0 Å². The Balaban J connectivity index is 2.30. The first-order valence-corrected chi connectivity index (χ1v) is 7.60. The van der Waals surface area contributed by atoms with E-state index in [1.807, 2.05) is 25.1 Å². The van der Waals surface area contributed by atoms with E-state index in [1.54, 1.807) is 12.1 Å². The van der Waals surface area contributed by atoms with Gasteiger partial charge in [-0.2, -0.15) is 0 Å². The molecule has 2 aromatic carbocycles. The van der Waals surface area contributed by atoms with Crippen LogP contribution in [0.4, 0.5) is 11.4 Å². The number of nitrogens with one attached hydrogen (secondary N) is 1. The number of nitro groups is 1. The molecule has 21 heavy (non-hydrogen) atoms. The summed E-state index contributed by atoms with van der Waals surface area (Å²) in [5.41, 5.74) is 3.02. The molecule has 0 aromatic heterocycles. The van der Waals surface area contributed by atoms with Gasteiger partial charge < -0.3 is 5.32 Å². The molecule has 1 unspecified atom stereocenters. The van der Waals surface area contributed by atoms with Gasteiger partial charge in [0.2, 0.25) is 0 Å². The van der Waals surface area contributed by atoms with E-state index < -0.39 is 0 Å². The number of halogens is 1. The average Bonchev–Trinajstić information content (AvgIpc) is 2.48. The second kappa shape index (κ2) is 6.72. The Labute approximate surface area is 132 Å². The van der Waals surface area contributed by atoms with Crippen LogP contribution in [0.2, 0.25) is 0 Å². The van der Waals surface area contributed by atoms with E-state index in [0.717, 1.165) is 16.6 Å². The zero-order valence-corrected chi connectivity index (χ0v) is 13.6. The van der Waals surface area contributed by atoms with Crippen molar-refractivity contribution in [3.8, 4) is 0 Å². The Morgan fingerprint density at radius 3 is 2.67 bits per heavy atom. The summed E-state index contributed by atoms with van der Waals surface area (Å²) in [6.07, 6.45) is 0.894. The molecule has 0 spiro atoms. The van der Waals surface area contributed by atoms with Crippen molar-refractivity contribution in [2.45, 2.75) is 26.3 Å². The Morgan fingerprint density at radius 1 is 1.29 bits per heavy atom. The molecule has 0 aliphatic rings. The molecule has 1 N–H and O–H groups in total. The second-order valence-corrected chi connectivity index (χ2v) is 5.75. The lowest BCUT2D eigenvalue weighted by Crippen LogP contribution is -2.10.